The Balaban J connectivity index is 1.66. The van der Waals surface area contributed by atoms with Crippen molar-refractivity contribution in [2.75, 3.05) is 6.61 Å². The van der Waals surface area contributed by atoms with Gasteiger partial charge in [0.1, 0.15) is 5.15 Å². The van der Waals surface area contributed by atoms with Crippen molar-refractivity contribution in [3.63, 3.8) is 0 Å². The van der Waals surface area contributed by atoms with Crippen LogP contribution >= 0.6 is 11.6 Å². The fraction of sp³-hybridized carbons (Fsp3) is 0.370. The molecule has 3 rings (SSSR count). The van der Waals surface area contributed by atoms with Crippen LogP contribution in [0.25, 0.3) is 5.69 Å². The van der Waals surface area contributed by atoms with Crippen molar-refractivity contribution in [2.45, 2.75) is 53.4 Å². The number of benzene rings is 2. The highest BCUT2D eigenvalue weighted by Gasteiger charge is 2.30. The highest BCUT2D eigenvalue weighted by molar-refractivity contribution is 6.32. The largest absolute Gasteiger partial charge is 0.477 e. The van der Waals surface area contributed by atoms with Crippen molar-refractivity contribution in [1.82, 2.24) is 15.2 Å². The number of para-hydroxylation sites is 1. The molecule has 0 saturated heterocycles. The third-order valence-electron chi connectivity index (χ3n) is 5.70. The third-order valence-corrected chi connectivity index (χ3v) is 6.06. The summed E-state index contributed by atoms with van der Waals surface area (Å²) in [6.45, 7) is 11.8. The quantitative estimate of drug-likeness (QED) is 0.209. The van der Waals surface area contributed by atoms with Gasteiger partial charge in [-0.15, -0.1) is 0 Å². The predicted molar refractivity (Wildman–Crippen MR) is 145 cm³/mol. The Morgan fingerprint density at radius 2 is 1.86 bits per heavy atom. The van der Waals surface area contributed by atoms with Crippen molar-refractivity contribution in [1.29, 1.82) is 0 Å². The summed E-state index contributed by atoms with van der Waals surface area (Å²) in [4.78, 5) is 23.5. The smallest absolute Gasteiger partial charge is 0.311 e. The minimum absolute atomic E-state index is 0.0162. The molecule has 1 amide bonds. The lowest BCUT2D eigenvalue weighted by atomic mass is 9.72. The Bertz CT molecular complexity index is 1310. The van der Waals surface area contributed by atoms with Gasteiger partial charge in [0.15, 0.2) is 12.4 Å². The van der Waals surface area contributed by atoms with Gasteiger partial charge in [-0.2, -0.15) is 10.2 Å². The summed E-state index contributed by atoms with van der Waals surface area (Å²) >= 11 is 6.46. The van der Waals surface area contributed by atoms with Crippen LogP contribution in [0.4, 0.5) is 5.69 Å². The molecule has 0 spiro atoms. The van der Waals surface area contributed by atoms with Gasteiger partial charge in [0, 0.05) is 6.07 Å². The number of hydrogen-bond donors (Lipinski definition) is 1. The molecule has 196 valence electrons. The van der Waals surface area contributed by atoms with E-state index in [9.17, 15) is 14.9 Å². The van der Waals surface area contributed by atoms with Crippen LogP contribution in [-0.2, 0) is 10.2 Å². The molecule has 0 aliphatic rings. The summed E-state index contributed by atoms with van der Waals surface area (Å²) in [6, 6.07) is 14.2. The first-order chi connectivity index (χ1) is 17.3. The summed E-state index contributed by atoms with van der Waals surface area (Å²) in [5.74, 6) is -0.561. The maximum Gasteiger partial charge on any atom is 0.311 e. The van der Waals surface area contributed by atoms with E-state index < -0.39 is 17.4 Å². The standard InChI is InChI=1S/C27H32ClN5O4/c1-18-21(25(28)32(31-18)20-10-8-7-9-11-20)15-29-30-24(34)16-37-23-13-12-19(14-22(23)33(35)36)27(5,6)17-26(2,3)4/h7-15H,16-17H2,1-6H3,(H,30,34)/b29-15-. The van der Waals surface area contributed by atoms with Crippen LogP contribution < -0.4 is 10.2 Å². The molecule has 3 aromatic rings. The summed E-state index contributed by atoms with van der Waals surface area (Å²) in [5.41, 5.74) is 4.75. The van der Waals surface area contributed by atoms with Gasteiger partial charge in [0.25, 0.3) is 5.91 Å². The molecule has 0 fully saturated rings. The molecular formula is C27H32ClN5O4. The minimum atomic E-state index is -0.577. The monoisotopic (exact) mass is 525 g/mol. The maximum atomic E-state index is 12.3. The van der Waals surface area contributed by atoms with Crippen LogP contribution in [-0.4, -0.2) is 33.4 Å². The van der Waals surface area contributed by atoms with Crippen LogP contribution in [0.3, 0.4) is 0 Å². The first-order valence-corrected chi connectivity index (χ1v) is 12.2. The first kappa shape index (κ1) is 27.9. The number of hydrazone groups is 1. The van der Waals surface area contributed by atoms with Gasteiger partial charge in [0.2, 0.25) is 0 Å². The van der Waals surface area contributed by atoms with Gasteiger partial charge >= 0.3 is 5.69 Å². The Morgan fingerprint density at radius 1 is 1.19 bits per heavy atom. The Labute approximate surface area is 221 Å². The average molecular weight is 526 g/mol. The zero-order valence-corrected chi connectivity index (χ0v) is 22.7. The summed E-state index contributed by atoms with van der Waals surface area (Å²) in [7, 11) is 0. The molecule has 0 atom stereocenters. The summed E-state index contributed by atoms with van der Waals surface area (Å²) in [6.07, 6.45) is 2.24. The predicted octanol–water partition coefficient (Wildman–Crippen LogP) is 5.99. The number of halogens is 1. The number of ether oxygens (including phenoxy) is 1. The molecule has 0 radical (unpaired) electrons. The molecule has 0 aliphatic heterocycles. The van der Waals surface area contributed by atoms with Gasteiger partial charge in [-0.25, -0.2) is 10.1 Å². The number of nitro groups is 1. The highest BCUT2D eigenvalue weighted by atomic mass is 35.5. The average Bonchev–Trinajstić information content (AvgIpc) is 3.10. The topological polar surface area (TPSA) is 112 Å². The number of aryl methyl sites for hydroxylation is 1. The zero-order valence-electron chi connectivity index (χ0n) is 21.9. The molecule has 10 heteroatoms. The van der Waals surface area contributed by atoms with Crippen molar-refractivity contribution in [3.8, 4) is 11.4 Å². The second-order valence-electron chi connectivity index (χ2n) is 10.7. The minimum Gasteiger partial charge on any atom is -0.477 e. The molecule has 1 N–H and O–H groups in total. The number of aromatic nitrogens is 2. The molecule has 0 aliphatic carbocycles. The lowest BCUT2D eigenvalue weighted by molar-refractivity contribution is -0.385. The lowest BCUT2D eigenvalue weighted by Crippen LogP contribution is -2.26. The number of hydrogen-bond acceptors (Lipinski definition) is 6. The number of rotatable bonds is 9. The van der Waals surface area contributed by atoms with E-state index in [4.69, 9.17) is 16.3 Å². The third kappa shape index (κ3) is 7.16. The van der Waals surface area contributed by atoms with E-state index in [1.807, 2.05) is 30.3 Å². The number of nitrogens with one attached hydrogen (secondary N) is 1. The Kier molecular flexibility index (Phi) is 8.38. The fourth-order valence-electron chi connectivity index (χ4n) is 4.37. The number of nitrogens with zero attached hydrogens (tertiary/aromatic N) is 4. The van der Waals surface area contributed by atoms with Crippen LogP contribution in [0.1, 0.15) is 57.9 Å². The second kappa shape index (κ2) is 11.1. The highest BCUT2D eigenvalue weighted by Crippen LogP contribution is 2.39. The van der Waals surface area contributed by atoms with E-state index in [0.29, 0.717) is 16.4 Å². The molecule has 1 heterocycles. The zero-order chi connectivity index (χ0) is 27.4. The summed E-state index contributed by atoms with van der Waals surface area (Å²) in [5, 5.41) is 20.4. The van der Waals surface area contributed by atoms with Gasteiger partial charge in [-0.3, -0.25) is 14.9 Å². The van der Waals surface area contributed by atoms with Crippen LogP contribution in [0.15, 0.2) is 53.6 Å². The number of nitro benzene ring substituents is 1. The van der Waals surface area contributed by atoms with Gasteiger partial charge in [-0.1, -0.05) is 70.5 Å². The van der Waals surface area contributed by atoms with Gasteiger partial charge < -0.3 is 4.74 Å². The van der Waals surface area contributed by atoms with Crippen LogP contribution in [0, 0.1) is 22.5 Å². The molecule has 9 nitrogen and oxygen atoms in total. The van der Waals surface area contributed by atoms with Crippen molar-refractivity contribution in [3.05, 3.63) is 80.6 Å². The molecule has 0 unspecified atom stereocenters. The van der Waals surface area contributed by atoms with Crippen molar-refractivity contribution < 1.29 is 14.5 Å². The second-order valence-corrected chi connectivity index (χ2v) is 11.0. The SMILES string of the molecule is Cc1nn(-c2ccccc2)c(Cl)c1/C=N\NC(=O)COc1ccc(C(C)(C)CC(C)(C)C)cc1[N+](=O)[O-]. The maximum absolute atomic E-state index is 12.3. The molecule has 2 aromatic carbocycles. The number of carbonyl (C=O) groups excluding carboxylic acids is 1. The van der Waals surface area contributed by atoms with Crippen LogP contribution in [0.2, 0.25) is 5.15 Å². The molecule has 37 heavy (non-hydrogen) atoms. The normalized spacial score (nSPS) is 12.1. The van der Waals surface area contributed by atoms with Crippen molar-refractivity contribution in [2.24, 2.45) is 10.5 Å². The van der Waals surface area contributed by atoms with E-state index in [-0.39, 0.29) is 22.3 Å². The number of amides is 1. The first-order valence-electron chi connectivity index (χ1n) is 11.8. The number of carbonyl (C=O) groups is 1. The Hall–Kier alpha value is -3.72. The van der Waals surface area contributed by atoms with E-state index in [2.05, 4.69) is 50.2 Å². The van der Waals surface area contributed by atoms with E-state index >= 15 is 0 Å². The summed E-state index contributed by atoms with van der Waals surface area (Å²) < 4.78 is 7.05. The Morgan fingerprint density at radius 3 is 2.49 bits per heavy atom. The van der Waals surface area contributed by atoms with E-state index in [0.717, 1.165) is 17.7 Å². The molecule has 1 aromatic heterocycles. The van der Waals surface area contributed by atoms with Crippen LogP contribution in [0.5, 0.6) is 5.75 Å². The fourth-order valence-corrected chi connectivity index (χ4v) is 4.69. The van der Waals surface area contributed by atoms with Gasteiger partial charge in [-0.05, 0) is 47.9 Å². The molecule has 0 bridgehead atoms. The van der Waals surface area contributed by atoms with E-state index in [1.165, 1.54) is 18.3 Å². The van der Waals surface area contributed by atoms with E-state index in [1.54, 1.807) is 17.7 Å². The van der Waals surface area contributed by atoms with Gasteiger partial charge in [0.05, 0.1) is 28.1 Å². The molecule has 0 saturated carbocycles. The lowest BCUT2D eigenvalue weighted by Gasteiger charge is -2.33. The van der Waals surface area contributed by atoms with Crippen molar-refractivity contribution >= 4 is 29.4 Å². The molecular weight excluding hydrogens is 494 g/mol.